The Balaban J connectivity index is 0.000000220. The quantitative estimate of drug-likeness (QED) is 0.136. The zero-order valence-corrected chi connectivity index (χ0v) is 34.3. The van der Waals surface area contributed by atoms with Crippen LogP contribution in [-0.4, -0.2) is 81.6 Å². The number of carbonyl (C=O) groups is 3. The van der Waals surface area contributed by atoms with E-state index in [4.69, 9.17) is 0 Å². The van der Waals surface area contributed by atoms with Crippen LogP contribution in [0.15, 0.2) is 128 Å². The molecule has 9 nitrogen and oxygen atoms in total. The first-order valence-corrected chi connectivity index (χ1v) is 17.5. The fourth-order valence-corrected chi connectivity index (χ4v) is 4.77. The van der Waals surface area contributed by atoms with E-state index in [1.54, 1.807) is 85.2 Å². The van der Waals surface area contributed by atoms with Crippen LogP contribution >= 0.6 is 0 Å². The van der Waals surface area contributed by atoms with Gasteiger partial charge >= 0.3 is 0 Å². The molecule has 3 aromatic carbocycles. The Bertz CT molecular complexity index is 1810. The molecule has 0 aliphatic carbocycles. The average molecular weight is 909 g/mol. The third kappa shape index (κ3) is 12.6. The summed E-state index contributed by atoms with van der Waals surface area (Å²) < 4.78 is 0. The number of pyridine rings is 3. The number of rotatable bonds is 9. The van der Waals surface area contributed by atoms with E-state index in [0.29, 0.717) is 29.8 Å². The van der Waals surface area contributed by atoms with Crippen molar-refractivity contribution in [3.05, 3.63) is 169 Å². The van der Waals surface area contributed by atoms with Gasteiger partial charge in [0.15, 0.2) is 5.91 Å². The minimum Gasteiger partial charge on any atom is -0.499 e. The summed E-state index contributed by atoms with van der Waals surface area (Å²) in [6.45, 7) is 8.84. The number of carbonyl (C=O) groups excluding carboxylic acids is 3. The van der Waals surface area contributed by atoms with E-state index < -0.39 is 0 Å². The summed E-state index contributed by atoms with van der Waals surface area (Å²) in [6, 6.07) is 42.6. The van der Waals surface area contributed by atoms with Crippen LogP contribution in [0.1, 0.15) is 51.8 Å². The predicted octanol–water partition coefficient (Wildman–Crippen LogP) is 8.08. The van der Waals surface area contributed by atoms with E-state index in [1.165, 1.54) is 0 Å². The third-order valence-corrected chi connectivity index (χ3v) is 8.35. The van der Waals surface area contributed by atoms with Gasteiger partial charge in [-0.15, -0.1) is 89.5 Å². The fraction of sp³-hybridized carbons (Fsp3) is 0.178. The Morgan fingerprint density at radius 1 is 0.527 bits per heavy atom. The number of nitrogens with zero attached hydrogens (tertiary/aromatic N) is 6. The molecular weight excluding hydrogens is 865 g/mol. The van der Waals surface area contributed by atoms with Crippen molar-refractivity contribution in [2.75, 3.05) is 34.2 Å². The SMILES string of the molecule is CCN(C)C(=O)c1c[c-]c(-c2ccccn2)cc1.CCN(C)C(=O)c1c[c-]c(-c2ccccn2)cc1.C[CH-]N(C)C(=O)c1c[c-]c(-c2ccccn2)cc1.[Ir]. The molecule has 0 fully saturated rings. The third-order valence-electron chi connectivity index (χ3n) is 8.35. The van der Waals surface area contributed by atoms with E-state index in [0.717, 1.165) is 33.8 Å². The van der Waals surface area contributed by atoms with Crippen LogP contribution in [0.3, 0.4) is 0 Å². The molecular formula is C45H44IrN6O3-4. The molecule has 0 unspecified atom stereocenters. The average Bonchev–Trinajstić information content (AvgIpc) is 3.26. The van der Waals surface area contributed by atoms with Gasteiger partial charge in [0.2, 0.25) is 11.8 Å². The monoisotopic (exact) mass is 909 g/mol. The van der Waals surface area contributed by atoms with Gasteiger partial charge in [0.1, 0.15) is 0 Å². The fourth-order valence-electron chi connectivity index (χ4n) is 4.77. The van der Waals surface area contributed by atoms with Crippen LogP contribution in [-0.2, 0) is 20.1 Å². The molecule has 0 aliphatic rings. The molecule has 0 N–H and O–H groups in total. The predicted molar refractivity (Wildman–Crippen MR) is 213 cm³/mol. The second-order valence-corrected chi connectivity index (χ2v) is 11.9. The van der Waals surface area contributed by atoms with Gasteiger partial charge in [0.05, 0.1) is 0 Å². The second kappa shape index (κ2) is 22.4. The van der Waals surface area contributed by atoms with Crippen molar-refractivity contribution in [1.82, 2.24) is 29.7 Å². The summed E-state index contributed by atoms with van der Waals surface area (Å²) in [4.78, 5) is 53.3. The number of aromatic nitrogens is 3. The molecule has 3 amide bonds. The number of amides is 3. The van der Waals surface area contributed by atoms with Crippen LogP contribution in [0, 0.1) is 24.7 Å². The molecule has 0 spiro atoms. The molecule has 6 aromatic rings. The first-order valence-electron chi connectivity index (χ1n) is 17.5. The summed E-state index contributed by atoms with van der Waals surface area (Å²) in [5, 5.41) is 0. The number of hydrogen-bond acceptors (Lipinski definition) is 6. The van der Waals surface area contributed by atoms with E-state index >= 15 is 0 Å². The Labute approximate surface area is 338 Å². The van der Waals surface area contributed by atoms with Gasteiger partial charge < -0.3 is 29.7 Å². The van der Waals surface area contributed by atoms with Crippen molar-refractivity contribution in [1.29, 1.82) is 0 Å². The minimum atomic E-state index is -0.0404. The molecule has 0 atom stereocenters. The normalized spacial score (nSPS) is 9.93. The van der Waals surface area contributed by atoms with Gasteiger partial charge in [-0.25, -0.2) is 6.54 Å². The Kier molecular flexibility index (Phi) is 17.7. The maximum absolute atomic E-state index is 11.9. The van der Waals surface area contributed by atoms with Gasteiger partial charge in [-0.3, -0.25) is 14.4 Å². The molecule has 55 heavy (non-hydrogen) atoms. The topological polar surface area (TPSA) is 99.6 Å². The molecule has 3 heterocycles. The summed E-state index contributed by atoms with van der Waals surface area (Å²) >= 11 is 0. The van der Waals surface area contributed by atoms with Crippen LogP contribution < -0.4 is 0 Å². The van der Waals surface area contributed by atoms with Crippen molar-refractivity contribution in [3.63, 3.8) is 0 Å². The zero-order valence-electron chi connectivity index (χ0n) is 31.9. The smallest absolute Gasteiger partial charge is 0.211 e. The van der Waals surface area contributed by atoms with Crippen molar-refractivity contribution in [2.45, 2.75) is 20.8 Å². The molecule has 0 bridgehead atoms. The van der Waals surface area contributed by atoms with E-state index in [-0.39, 0.29) is 37.8 Å². The van der Waals surface area contributed by atoms with E-state index in [9.17, 15) is 14.4 Å². The minimum absolute atomic E-state index is 0. The first-order chi connectivity index (χ1) is 26.2. The van der Waals surface area contributed by atoms with E-state index in [1.807, 2.05) is 106 Å². The second-order valence-electron chi connectivity index (χ2n) is 11.9. The maximum atomic E-state index is 11.9. The number of benzene rings is 3. The van der Waals surface area contributed by atoms with Crippen molar-refractivity contribution < 1.29 is 34.5 Å². The van der Waals surface area contributed by atoms with Gasteiger partial charge in [0, 0.05) is 65.9 Å². The van der Waals surface area contributed by atoms with Crippen molar-refractivity contribution in [3.8, 4) is 33.8 Å². The molecule has 0 aliphatic heterocycles. The summed E-state index contributed by atoms with van der Waals surface area (Å²) in [5.41, 5.74) is 7.17. The van der Waals surface area contributed by atoms with Crippen LogP contribution in [0.5, 0.6) is 0 Å². The summed E-state index contributed by atoms with van der Waals surface area (Å²) in [5.74, 6) is -0.0102. The van der Waals surface area contributed by atoms with Crippen LogP contribution in [0.2, 0.25) is 0 Å². The molecule has 1 radical (unpaired) electrons. The Hall–Kier alpha value is -5.83. The summed E-state index contributed by atoms with van der Waals surface area (Å²) in [6.07, 6.45) is 5.22. The molecule has 285 valence electrons. The zero-order chi connectivity index (χ0) is 38.9. The largest absolute Gasteiger partial charge is 0.499 e. The number of hydrogen-bond donors (Lipinski definition) is 0. The Morgan fingerprint density at radius 3 is 1.09 bits per heavy atom. The van der Waals surface area contributed by atoms with Crippen LogP contribution in [0.25, 0.3) is 33.8 Å². The standard InChI is InChI=1S/2C15H15N2O.C15H14N2O.Ir/c3*1-3-17(2)15(18)13-9-7-12(8-10-13)14-6-4-5-11-16-14;/h2*4-7,9-11H,3H2,1-2H3;3-7,9-11H,1-2H3;/q2*-1;-2;. The molecule has 10 heteroatoms. The van der Waals surface area contributed by atoms with Gasteiger partial charge in [-0.1, -0.05) is 36.4 Å². The first kappa shape index (κ1) is 43.6. The van der Waals surface area contributed by atoms with E-state index in [2.05, 4.69) is 33.2 Å². The maximum Gasteiger partial charge on any atom is 0.211 e. The van der Waals surface area contributed by atoms with Crippen molar-refractivity contribution in [2.24, 2.45) is 0 Å². The molecule has 0 saturated carbocycles. The molecule has 6 rings (SSSR count). The van der Waals surface area contributed by atoms with Gasteiger partial charge in [-0.2, -0.15) is 6.92 Å². The summed E-state index contributed by atoms with van der Waals surface area (Å²) in [7, 11) is 5.30. The van der Waals surface area contributed by atoms with Gasteiger partial charge in [0.25, 0.3) is 0 Å². The molecule has 0 saturated heterocycles. The molecule has 3 aromatic heterocycles. The Morgan fingerprint density at radius 2 is 0.855 bits per heavy atom. The van der Waals surface area contributed by atoms with Crippen LogP contribution in [0.4, 0.5) is 0 Å². The van der Waals surface area contributed by atoms with Crippen molar-refractivity contribution >= 4 is 17.7 Å². The van der Waals surface area contributed by atoms with Gasteiger partial charge in [-0.05, 0) is 72.9 Å².